The summed E-state index contributed by atoms with van der Waals surface area (Å²) in [5.41, 5.74) is 1.48. The van der Waals surface area contributed by atoms with E-state index in [1.165, 1.54) is 26.0 Å². The highest BCUT2D eigenvalue weighted by Crippen LogP contribution is 2.10. The third-order valence-corrected chi connectivity index (χ3v) is 3.61. The first-order valence-corrected chi connectivity index (χ1v) is 8.55. The molecule has 0 heterocycles. The van der Waals surface area contributed by atoms with Crippen molar-refractivity contribution in [2.45, 2.75) is 19.9 Å². The topological polar surface area (TPSA) is 114 Å². The van der Waals surface area contributed by atoms with E-state index in [2.05, 4.69) is 16.0 Å². The molecule has 3 N–H and O–H groups in total. The predicted molar refractivity (Wildman–Crippen MR) is 104 cm³/mol. The quantitative estimate of drug-likeness (QED) is 0.502. The van der Waals surface area contributed by atoms with Crippen molar-refractivity contribution < 1.29 is 23.9 Å². The fraction of sp³-hybridized carbons (Fsp3) is 0.200. The molecule has 8 nitrogen and oxygen atoms in total. The van der Waals surface area contributed by atoms with E-state index < -0.39 is 30.4 Å². The first kappa shape index (κ1) is 20.6. The Bertz CT molecular complexity index is 850. The van der Waals surface area contributed by atoms with Gasteiger partial charge in [0.1, 0.15) is 6.04 Å². The van der Waals surface area contributed by atoms with Gasteiger partial charge in [-0.1, -0.05) is 18.2 Å². The van der Waals surface area contributed by atoms with Crippen molar-refractivity contribution in [3.8, 4) is 0 Å². The van der Waals surface area contributed by atoms with Crippen LogP contribution in [0, 0.1) is 0 Å². The van der Waals surface area contributed by atoms with Crippen LogP contribution in [0.15, 0.2) is 54.6 Å². The SMILES string of the molecule is CC(=O)Nc1ccc(C(=O)COC(=O)[C@H](C)NC(=O)Nc2ccccc2)cc1. The number of carbonyl (C=O) groups excluding carboxylic acids is 4. The number of benzene rings is 2. The Hall–Kier alpha value is -3.68. The Kier molecular flexibility index (Phi) is 7.27. The standard InChI is InChI=1S/C20H21N3O5/c1-13(21-20(27)23-16-6-4-3-5-7-16)19(26)28-12-18(25)15-8-10-17(11-9-15)22-14(2)24/h3-11,13H,12H2,1-2H3,(H,22,24)(H2,21,23,27)/t13-/m0/s1. The Morgan fingerprint density at radius 1 is 0.893 bits per heavy atom. The van der Waals surface area contributed by atoms with Gasteiger partial charge in [0, 0.05) is 23.9 Å². The van der Waals surface area contributed by atoms with Crippen LogP contribution in [-0.4, -0.2) is 36.3 Å². The minimum atomic E-state index is -0.932. The zero-order valence-electron chi connectivity index (χ0n) is 15.5. The van der Waals surface area contributed by atoms with Gasteiger partial charge in [-0.3, -0.25) is 9.59 Å². The minimum Gasteiger partial charge on any atom is -0.456 e. The molecule has 2 rings (SSSR count). The number of para-hydroxylation sites is 1. The van der Waals surface area contributed by atoms with E-state index in [1.54, 1.807) is 36.4 Å². The van der Waals surface area contributed by atoms with Gasteiger partial charge in [0.05, 0.1) is 0 Å². The van der Waals surface area contributed by atoms with E-state index in [0.717, 1.165) is 0 Å². The molecule has 2 aromatic carbocycles. The van der Waals surface area contributed by atoms with Crippen LogP contribution in [0.1, 0.15) is 24.2 Å². The van der Waals surface area contributed by atoms with Gasteiger partial charge in [-0.15, -0.1) is 0 Å². The number of esters is 1. The zero-order valence-corrected chi connectivity index (χ0v) is 15.5. The molecule has 0 saturated carbocycles. The normalized spacial score (nSPS) is 11.1. The molecule has 0 spiro atoms. The van der Waals surface area contributed by atoms with E-state index in [4.69, 9.17) is 4.74 Å². The van der Waals surface area contributed by atoms with Crippen LogP contribution in [0.25, 0.3) is 0 Å². The molecule has 146 valence electrons. The van der Waals surface area contributed by atoms with Gasteiger partial charge in [0.2, 0.25) is 5.91 Å². The Balaban J connectivity index is 1.79. The highest BCUT2D eigenvalue weighted by Gasteiger charge is 2.18. The third kappa shape index (κ3) is 6.56. The summed E-state index contributed by atoms with van der Waals surface area (Å²) in [6, 6.07) is 13.5. The second kappa shape index (κ2) is 9.86. The molecule has 2 aromatic rings. The van der Waals surface area contributed by atoms with E-state index in [-0.39, 0.29) is 5.91 Å². The van der Waals surface area contributed by atoms with Crippen molar-refractivity contribution in [3.63, 3.8) is 0 Å². The number of ether oxygens (including phenoxy) is 1. The van der Waals surface area contributed by atoms with Crippen LogP contribution >= 0.6 is 0 Å². The van der Waals surface area contributed by atoms with E-state index in [9.17, 15) is 19.2 Å². The van der Waals surface area contributed by atoms with Crippen molar-refractivity contribution in [2.24, 2.45) is 0 Å². The first-order valence-electron chi connectivity index (χ1n) is 8.55. The smallest absolute Gasteiger partial charge is 0.328 e. The largest absolute Gasteiger partial charge is 0.456 e. The van der Waals surface area contributed by atoms with Crippen molar-refractivity contribution in [2.75, 3.05) is 17.2 Å². The second-order valence-electron chi connectivity index (χ2n) is 5.98. The number of amides is 3. The number of rotatable bonds is 7. The fourth-order valence-electron chi connectivity index (χ4n) is 2.23. The van der Waals surface area contributed by atoms with Crippen LogP contribution < -0.4 is 16.0 Å². The summed E-state index contributed by atoms with van der Waals surface area (Å²) >= 11 is 0. The molecule has 0 aliphatic rings. The molecular weight excluding hydrogens is 362 g/mol. The minimum absolute atomic E-state index is 0.217. The number of nitrogens with one attached hydrogen (secondary N) is 3. The Morgan fingerprint density at radius 3 is 2.11 bits per heavy atom. The molecule has 3 amide bonds. The summed E-state index contributed by atoms with van der Waals surface area (Å²) < 4.78 is 4.97. The van der Waals surface area contributed by atoms with Crippen LogP contribution in [0.3, 0.4) is 0 Å². The number of urea groups is 1. The maximum absolute atomic E-state index is 12.1. The molecule has 0 aromatic heterocycles. The first-order chi connectivity index (χ1) is 13.3. The molecule has 8 heteroatoms. The monoisotopic (exact) mass is 383 g/mol. The summed E-state index contributed by atoms with van der Waals surface area (Å²) in [5.74, 6) is -1.35. The van der Waals surface area contributed by atoms with E-state index in [0.29, 0.717) is 16.9 Å². The molecule has 0 fully saturated rings. The van der Waals surface area contributed by atoms with Gasteiger partial charge in [-0.2, -0.15) is 0 Å². The third-order valence-electron chi connectivity index (χ3n) is 3.61. The average molecular weight is 383 g/mol. The summed E-state index contributed by atoms with van der Waals surface area (Å²) in [7, 11) is 0. The lowest BCUT2D eigenvalue weighted by Gasteiger charge is -2.14. The Labute approximate surface area is 162 Å². The van der Waals surface area contributed by atoms with Gasteiger partial charge < -0.3 is 20.7 Å². The number of Topliss-reactive ketones (excluding diaryl/α,β-unsaturated/α-hetero) is 1. The van der Waals surface area contributed by atoms with Crippen molar-refractivity contribution >= 4 is 35.1 Å². The van der Waals surface area contributed by atoms with Crippen LogP contribution in [0.5, 0.6) is 0 Å². The lowest BCUT2D eigenvalue weighted by atomic mass is 10.1. The number of anilines is 2. The number of ketones is 1. The van der Waals surface area contributed by atoms with Crippen LogP contribution in [0.2, 0.25) is 0 Å². The summed E-state index contributed by atoms with van der Waals surface area (Å²) in [4.78, 5) is 46.9. The molecule has 0 aliphatic carbocycles. The van der Waals surface area contributed by atoms with Crippen LogP contribution in [-0.2, 0) is 14.3 Å². The second-order valence-corrected chi connectivity index (χ2v) is 5.98. The van der Waals surface area contributed by atoms with E-state index >= 15 is 0 Å². The van der Waals surface area contributed by atoms with Gasteiger partial charge >= 0.3 is 12.0 Å². The fourth-order valence-corrected chi connectivity index (χ4v) is 2.23. The predicted octanol–water partition coefficient (Wildman–Crippen LogP) is 2.58. The zero-order chi connectivity index (χ0) is 20.5. The summed E-state index contributed by atoms with van der Waals surface area (Å²) in [5, 5.41) is 7.61. The van der Waals surface area contributed by atoms with Gasteiger partial charge in [0.15, 0.2) is 12.4 Å². The van der Waals surface area contributed by atoms with Gasteiger partial charge in [0.25, 0.3) is 0 Å². The molecule has 28 heavy (non-hydrogen) atoms. The lowest BCUT2D eigenvalue weighted by Crippen LogP contribution is -2.42. The molecule has 0 saturated heterocycles. The van der Waals surface area contributed by atoms with Crippen LogP contribution in [0.4, 0.5) is 16.2 Å². The number of hydrogen-bond donors (Lipinski definition) is 3. The summed E-state index contributed by atoms with van der Waals surface area (Å²) in [6.07, 6.45) is 0. The summed E-state index contributed by atoms with van der Waals surface area (Å²) in [6.45, 7) is 2.39. The van der Waals surface area contributed by atoms with Crippen molar-refractivity contribution in [3.05, 3.63) is 60.2 Å². The average Bonchev–Trinajstić information content (AvgIpc) is 2.66. The highest BCUT2D eigenvalue weighted by atomic mass is 16.5. The maximum atomic E-state index is 12.1. The highest BCUT2D eigenvalue weighted by molar-refractivity contribution is 5.99. The Morgan fingerprint density at radius 2 is 1.50 bits per heavy atom. The number of hydrogen-bond acceptors (Lipinski definition) is 5. The molecule has 1 atom stereocenters. The number of carbonyl (C=O) groups is 4. The molecule has 0 aliphatic heterocycles. The maximum Gasteiger partial charge on any atom is 0.328 e. The van der Waals surface area contributed by atoms with Gasteiger partial charge in [-0.25, -0.2) is 9.59 Å². The molecular formula is C20H21N3O5. The molecule has 0 bridgehead atoms. The lowest BCUT2D eigenvalue weighted by molar-refractivity contribution is -0.144. The van der Waals surface area contributed by atoms with E-state index in [1.807, 2.05) is 6.07 Å². The van der Waals surface area contributed by atoms with Gasteiger partial charge in [-0.05, 0) is 43.3 Å². The van der Waals surface area contributed by atoms with Crippen molar-refractivity contribution in [1.29, 1.82) is 0 Å². The molecule has 0 unspecified atom stereocenters. The van der Waals surface area contributed by atoms with Crippen molar-refractivity contribution in [1.82, 2.24) is 5.32 Å². The molecule has 0 radical (unpaired) electrons.